The third-order valence-electron chi connectivity index (χ3n) is 5.54. The molecule has 178 valence electrons. The highest BCUT2D eigenvalue weighted by Gasteiger charge is 2.25. The maximum atomic E-state index is 13.4. The number of aromatic nitrogens is 2. The third kappa shape index (κ3) is 5.01. The minimum atomic E-state index is -0.355. The number of para-hydroxylation sites is 1. The lowest BCUT2D eigenvalue weighted by atomic mass is 10.2. The van der Waals surface area contributed by atoms with Crippen molar-refractivity contribution in [2.45, 2.75) is 12.1 Å². The summed E-state index contributed by atoms with van der Waals surface area (Å²) in [4.78, 5) is 46.2. The number of amides is 2. The van der Waals surface area contributed by atoms with Crippen molar-refractivity contribution in [2.24, 2.45) is 0 Å². The Morgan fingerprint density at radius 2 is 1.76 bits per heavy atom. The van der Waals surface area contributed by atoms with Crippen LogP contribution in [0.3, 0.4) is 0 Å². The number of carbonyl (C=O) groups is 2. The van der Waals surface area contributed by atoms with Crippen LogP contribution in [-0.4, -0.2) is 77.0 Å². The van der Waals surface area contributed by atoms with Crippen molar-refractivity contribution in [3.05, 3.63) is 58.9 Å². The van der Waals surface area contributed by atoms with Crippen LogP contribution in [0.5, 0.6) is 5.75 Å². The average molecular weight is 483 g/mol. The number of benzene rings is 2. The summed E-state index contributed by atoms with van der Waals surface area (Å²) in [6.07, 6.45) is -0.355. The summed E-state index contributed by atoms with van der Waals surface area (Å²) in [6, 6.07) is 14.3. The molecule has 0 bridgehead atoms. The first-order valence-electron chi connectivity index (χ1n) is 11.0. The molecule has 1 fully saturated rings. The second kappa shape index (κ2) is 10.6. The maximum absolute atomic E-state index is 13.4. The molecule has 0 atom stereocenters. The van der Waals surface area contributed by atoms with E-state index in [0.717, 1.165) is 0 Å². The van der Waals surface area contributed by atoms with Gasteiger partial charge in [0.05, 0.1) is 36.1 Å². The van der Waals surface area contributed by atoms with E-state index >= 15 is 0 Å². The van der Waals surface area contributed by atoms with Gasteiger partial charge in [-0.25, -0.2) is 9.78 Å². The van der Waals surface area contributed by atoms with Gasteiger partial charge in [0, 0.05) is 32.2 Å². The highest BCUT2D eigenvalue weighted by Crippen LogP contribution is 2.24. The summed E-state index contributed by atoms with van der Waals surface area (Å²) < 4.78 is 11.9. The second-order valence-electron chi connectivity index (χ2n) is 7.61. The van der Waals surface area contributed by atoms with Crippen molar-refractivity contribution in [1.29, 1.82) is 0 Å². The van der Waals surface area contributed by atoms with Crippen LogP contribution in [-0.2, 0) is 9.53 Å². The van der Waals surface area contributed by atoms with E-state index in [-0.39, 0.29) is 23.3 Å². The summed E-state index contributed by atoms with van der Waals surface area (Å²) in [7, 11) is 1.57. The van der Waals surface area contributed by atoms with Crippen LogP contribution in [0.4, 0.5) is 4.79 Å². The molecule has 9 nitrogen and oxygen atoms in total. The Labute approximate surface area is 201 Å². The van der Waals surface area contributed by atoms with Gasteiger partial charge in [-0.2, -0.15) is 0 Å². The number of carbonyl (C=O) groups excluding carboxylic acids is 2. The molecule has 0 aliphatic carbocycles. The van der Waals surface area contributed by atoms with Crippen molar-refractivity contribution in [1.82, 2.24) is 19.4 Å². The zero-order valence-corrected chi connectivity index (χ0v) is 19.9. The molecule has 1 aliphatic rings. The Kier molecular flexibility index (Phi) is 7.36. The first-order chi connectivity index (χ1) is 16.5. The monoisotopic (exact) mass is 482 g/mol. The summed E-state index contributed by atoms with van der Waals surface area (Å²) >= 11 is 1.22. The summed E-state index contributed by atoms with van der Waals surface area (Å²) in [5.74, 6) is 0.658. The van der Waals surface area contributed by atoms with Gasteiger partial charge in [-0.3, -0.25) is 14.2 Å². The number of rotatable bonds is 6. The standard InChI is InChI=1S/C24H26N4O5S/c1-3-33-24(31)27-13-11-26(12-14-27)21(29)16-34-23-25-20-10-5-4-9-19(20)22(30)28(23)17-7-6-8-18(15-17)32-2/h4-10,15H,3,11-14,16H2,1-2H3. The first kappa shape index (κ1) is 23.6. The van der Waals surface area contributed by atoms with Gasteiger partial charge in [0.1, 0.15) is 5.75 Å². The topological polar surface area (TPSA) is 94.0 Å². The Morgan fingerprint density at radius 3 is 2.50 bits per heavy atom. The van der Waals surface area contributed by atoms with Crippen molar-refractivity contribution < 1.29 is 19.1 Å². The Balaban J connectivity index is 1.55. The molecule has 2 heterocycles. The number of piperazine rings is 1. The number of hydrogen-bond acceptors (Lipinski definition) is 7. The van der Waals surface area contributed by atoms with E-state index in [4.69, 9.17) is 9.47 Å². The number of thioether (sulfide) groups is 1. The lowest BCUT2D eigenvalue weighted by Gasteiger charge is -2.34. The maximum Gasteiger partial charge on any atom is 0.409 e. The van der Waals surface area contributed by atoms with Gasteiger partial charge in [-0.15, -0.1) is 0 Å². The molecular formula is C24H26N4O5S. The van der Waals surface area contributed by atoms with Crippen LogP contribution >= 0.6 is 11.8 Å². The molecule has 0 saturated carbocycles. The van der Waals surface area contributed by atoms with Gasteiger partial charge in [0.25, 0.3) is 5.56 Å². The summed E-state index contributed by atoms with van der Waals surface area (Å²) in [6.45, 7) is 3.82. The molecule has 2 amide bonds. The van der Waals surface area contributed by atoms with Crippen molar-refractivity contribution >= 4 is 34.7 Å². The molecule has 10 heteroatoms. The van der Waals surface area contributed by atoms with Crippen molar-refractivity contribution in [2.75, 3.05) is 45.6 Å². The van der Waals surface area contributed by atoms with Crippen LogP contribution in [0.2, 0.25) is 0 Å². The highest BCUT2D eigenvalue weighted by molar-refractivity contribution is 7.99. The van der Waals surface area contributed by atoms with Crippen LogP contribution < -0.4 is 10.3 Å². The van der Waals surface area contributed by atoms with Gasteiger partial charge in [0.15, 0.2) is 5.16 Å². The molecule has 3 aromatic rings. The smallest absolute Gasteiger partial charge is 0.409 e. The Hall–Kier alpha value is -3.53. The van der Waals surface area contributed by atoms with E-state index in [2.05, 4.69) is 4.98 Å². The van der Waals surface area contributed by atoms with Crippen molar-refractivity contribution in [3.8, 4) is 11.4 Å². The normalized spacial score (nSPS) is 13.7. The molecule has 2 aromatic carbocycles. The predicted molar refractivity (Wildman–Crippen MR) is 130 cm³/mol. The van der Waals surface area contributed by atoms with E-state index in [1.807, 2.05) is 6.07 Å². The van der Waals surface area contributed by atoms with Gasteiger partial charge < -0.3 is 19.3 Å². The fraction of sp³-hybridized carbons (Fsp3) is 0.333. The zero-order valence-electron chi connectivity index (χ0n) is 19.1. The summed E-state index contributed by atoms with van der Waals surface area (Å²) in [5, 5.41) is 0.923. The highest BCUT2D eigenvalue weighted by atomic mass is 32.2. The first-order valence-corrected chi connectivity index (χ1v) is 12.0. The SMILES string of the molecule is CCOC(=O)N1CCN(C(=O)CSc2nc3ccccc3c(=O)n2-c2cccc(OC)c2)CC1. The molecule has 0 N–H and O–H groups in total. The largest absolute Gasteiger partial charge is 0.497 e. The molecule has 0 unspecified atom stereocenters. The van der Waals surface area contributed by atoms with Crippen molar-refractivity contribution in [3.63, 3.8) is 0 Å². The van der Waals surface area contributed by atoms with E-state index in [1.54, 1.807) is 66.3 Å². The fourth-order valence-electron chi connectivity index (χ4n) is 3.76. The number of methoxy groups -OCH3 is 1. The zero-order chi connectivity index (χ0) is 24.1. The van der Waals surface area contributed by atoms with E-state index in [1.165, 1.54) is 16.3 Å². The number of hydrogen-bond donors (Lipinski definition) is 0. The molecular weight excluding hydrogens is 456 g/mol. The molecule has 1 aliphatic heterocycles. The lowest BCUT2D eigenvalue weighted by Crippen LogP contribution is -2.51. The quantitative estimate of drug-likeness (QED) is 0.394. The second-order valence-corrected chi connectivity index (χ2v) is 8.55. The van der Waals surface area contributed by atoms with Gasteiger partial charge in [0.2, 0.25) is 5.91 Å². The Bertz CT molecular complexity index is 1250. The molecule has 34 heavy (non-hydrogen) atoms. The van der Waals surface area contributed by atoms with Crippen LogP contribution in [0.1, 0.15) is 6.92 Å². The van der Waals surface area contributed by atoms with Crippen LogP contribution in [0.25, 0.3) is 16.6 Å². The van der Waals surface area contributed by atoms with Gasteiger partial charge in [-0.1, -0.05) is 30.0 Å². The molecule has 1 aromatic heterocycles. The average Bonchev–Trinajstić information content (AvgIpc) is 2.87. The van der Waals surface area contributed by atoms with E-state index in [9.17, 15) is 14.4 Å². The molecule has 0 radical (unpaired) electrons. The number of nitrogens with zero attached hydrogens (tertiary/aromatic N) is 4. The van der Waals surface area contributed by atoms with Gasteiger partial charge in [-0.05, 0) is 31.2 Å². The lowest BCUT2D eigenvalue weighted by molar-refractivity contribution is -0.129. The Morgan fingerprint density at radius 1 is 1.03 bits per heavy atom. The molecule has 0 spiro atoms. The minimum absolute atomic E-state index is 0.0758. The van der Waals surface area contributed by atoms with Crippen LogP contribution in [0.15, 0.2) is 58.5 Å². The van der Waals surface area contributed by atoms with E-state index in [0.29, 0.717) is 60.3 Å². The predicted octanol–water partition coefficient (Wildman–Crippen LogP) is 2.79. The van der Waals surface area contributed by atoms with Crippen LogP contribution in [0, 0.1) is 0 Å². The summed E-state index contributed by atoms with van der Waals surface area (Å²) in [5.41, 5.74) is 0.974. The molecule has 1 saturated heterocycles. The fourth-order valence-corrected chi connectivity index (χ4v) is 4.67. The molecule has 4 rings (SSSR count). The van der Waals surface area contributed by atoms with E-state index < -0.39 is 0 Å². The third-order valence-corrected chi connectivity index (χ3v) is 6.46. The number of fused-ring (bicyclic) bond motifs is 1. The minimum Gasteiger partial charge on any atom is -0.497 e. The number of ether oxygens (including phenoxy) is 2. The van der Waals surface area contributed by atoms with Gasteiger partial charge >= 0.3 is 6.09 Å².